The zero-order valence-corrected chi connectivity index (χ0v) is 15.0. The summed E-state index contributed by atoms with van der Waals surface area (Å²) in [4.78, 5) is 16.6. The van der Waals surface area contributed by atoms with Crippen LogP contribution in [0.25, 0.3) is 0 Å². The summed E-state index contributed by atoms with van der Waals surface area (Å²) in [5.74, 6) is 0. The molecular formula is C19H29N3O2. The van der Waals surface area contributed by atoms with Crippen molar-refractivity contribution in [3.63, 3.8) is 0 Å². The molecule has 2 N–H and O–H groups in total. The van der Waals surface area contributed by atoms with Crippen molar-refractivity contribution >= 4 is 17.5 Å². The van der Waals surface area contributed by atoms with Gasteiger partial charge in [-0.1, -0.05) is 12.1 Å². The average Bonchev–Trinajstić information content (AvgIpc) is 2.90. The maximum atomic E-state index is 12.4. The zero-order chi connectivity index (χ0) is 17.4. The van der Waals surface area contributed by atoms with Gasteiger partial charge in [0.1, 0.15) is 5.60 Å². The van der Waals surface area contributed by atoms with E-state index in [2.05, 4.69) is 11.0 Å². The fourth-order valence-corrected chi connectivity index (χ4v) is 3.94. The Bertz CT molecular complexity index is 611. The number of carbonyl (C=O) groups is 1. The Balaban J connectivity index is 1.69. The number of anilines is 2. The van der Waals surface area contributed by atoms with Crippen LogP contribution in [0.1, 0.15) is 40.0 Å². The largest absolute Gasteiger partial charge is 0.444 e. The van der Waals surface area contributed by atoms with E-state index in [9.17, 15) is 4.79 Å². The van der Waals surface area contributed by atoms with Crippen LogP contribution < -0.4 is 10.6 Å². The summed E-state index contributed by atoms with van der Waals surface area (Å²) in [6.07, 6.45) is 3.15. The molecule has 5 heteroatoms. The van der Waals surface area contributed by atoms with Crippen LogP contribution in [0.4, 0.5) is 16.2 Å². The van der Waals surface area contributed by atoms with E-state index in [1.165, 1.54) is 0 Å². The molecule has 1 atom stereocenters. The number of piperidine rings is 1. The second-order valence-corrected chi connectivity index (χ2v) is 8.24. The predicted octanol–water partition coefficient (Wildman–Crippen LogP) is 3.50. The lowest BCUT2D eigenvalue weighted by Crippen LogP contribution is -2.46. The minimum absolute atomic E-state index is 0.164. The first-order valence-electron chi connectivity index (χ1n) is 8.85. The number of benzene rings is 1. The van der Waals surface area contributed by atoms with Crippen LogP contribution in [0.2, 0.25) is 0 Å². The molecule has 1 unspecified atom stereocenters. The molecule has 2 heterocycles. The minimum Gasteiger partial charge on any atom is -0.444 e. The van der Waals surface area contributed by atoms with E-state index in [4.69, 9.17) is 10.5 Å². The number of para-hydroxylation sites is 2. The number of carbonyl (C=O) groups excluding carboxylic acids is 1. The van der Waals surface area contributed by atoms with E-state index in [0.717, 1.165) is 56.8 Å². The van der Waals surface area contributed by atoms with Crippen molar-refractivity contribution in [2.24, 2.45) is 5.41 Å². The Morgan fingerprint density at radius 3 is 2.62 bits per heavy atom. The SMILES string of the molecule is CC(C)(C)OC(=O)N1CCC2(CCCN(c3ccccc3N)C2)C1. The van der Waals surface area contributed by atoms with Gasteiger partial charge in [-0.3, -0.25) is 0 Å². The number of likely N-dealkylation sites (tertiary alicyclic amines) is 1. The van der Waals surface area contributed by atoms with Crippen molar-refractivity contribution in [1.82, 2.24) is 4.90 Å². The number of hydrogen-bond acceptors (Lipinski definition) is 4. The second kappa shape index (κ2) is 6.19. The molecule has 1 spiro atoms. The first kappa shape index (κ1) is 16.9. The number of hydrogen-bond donors (Lipinski definition) is 1. The Morgan fingerprint density at radius 2 is 1.92 bits per heavy atom. The lowest BCUT2D eigenvalue weighted by Gasteiger charge is -2.42. The maximum absolute atomic E-state index is 12.4. The second-order valence-electron chi connectivity index (χ2n) is 8.24. The van der Waals surface area contributed by atoms with Crippen molar-refractivity contribution in [2.75, 3.05) is 36.8 Å². The summed E-state index contributed by atoms with van der Waals surface area (Å²) < 4.78 is 5.54. The van der Waals surface area contributed by atoms with Gasteiger partial charge in [-0.05, 0) is 52.2 Å². The van der Waals surface area contributed by atoms with E-state index < -0.39 is 5.60 Å². The molecule has 2 saturated heterocycles. The topological polar surface area (TPSA) is 58.8 Å². The van der Waals surface area contributed by atoms with E-state index in [1.54, 1.807) is 0 Å². The quantitative estimate of drug-likeness (QED) is 0.800. The maximum Gasteiger partial charge on any atom is 0.410 e. The summed E-state index contributed by atoms with van der Waals surface area (Å²) >= 11 is 0. The van der Waals surface area contributed by atoms with Crippen LogP contribution in [0.5, 0.6) is 0 Å². The number of amides is 1. The molecule has 0 aromatic heterocycles. The monoisotopic (exact) mass is 331 g/mol. The molecule has 0 saturated carbocycles. The molecule has 1 amide bonds. The van der Waals surface area contributed by atoms with E-state index in [-0.39, 0.29) is 11.5 Å². The predicted molar refractivity (Wildman–Crippen MR) is 97.2 cm³/mol. The minimum atomic E-state index is -0.441. The molecule has 2 fully saturated rings. The van der Waals surface area contributed by atoms with Crippen molar-refractivity contribution in [2.45, 2.75) is 45.6 Å². The van der Waals surface area contributed by atoms with Crippen LogP contribution in [0.15, 0.2) is 24.3 Å². The molecular weight excluding hydrogens is 302 g/mol. The number of nitrogens with two attached hydrogens (primary N) is 1. The highest BCUT2D eigenvalue weighted by molar-refractivity contribution is 5.69. The van der Waals surface area contributed by atoms with Crippen molar-refractivity contribution in [1.29, 1.82) is 0 Å². The molecule has 1 aromatic rings. The van der Waals surface area contributed by atoms with Gasteiger partial charge in [0.25, 0.3) is 0 Å². The van der Waals surface area contributed by atoms with Crippen molar-refractivity contribution in [3.05, 3.63) is 24.3 Å². The number of ether oxygens (including phenoxy) is 1. The summed E-state index contributed by atoms with van der Waals surface area (Å²) in [5, 5.41) is 0. The van der Waals surface area contributed by atoms with Gasteiger partial charge in [-0.2, -0.15) is 0 Å². The molecule has 0 bridgehead atoms. The van der Waals surface area contributed by atoms with Crippen LogP contribution in [0, 0.1) is 5.41 Å². The third-order valence-electron chi connectivity index (χ3n) is 5.03. The van der Waals surface area contributed by atoms with Gasteiger partial charge in [-0.15, -0.1) is 0 Å². The standard InChI is InChI=1S/C19H29N3O2/c1-18(2,3)24-17(23)22-12-10-19(14-22)9-6-11-21(13-19)16-8-5-4-7-15(16)20/h4-5,7-8H,6,9-14,20H2,1-3H3. The lowest BCUT2D eigenvalue weighted by molar-refractivity contribution is 0.0269. The van der Waals surface area contributed by atoms with Gasteiger partial charge in [0.05, 0.1) is 11.4 Å². The highest BCUT2D eigenvalue weighted by Crippen LogP contribution is 2.41. The van der Waals surface area contributed by atoms with Gasteiger partial charge < -0.3 is 20.3 Å². The van der Waals surface area contributed by atoms with Gasteiger partial charge in [-0.25, -0.2) is 4.79 Å². The zero-order valence-electron chi connectivity index (χ0n) is 15.0. The summed E-state index contributed by atoms with van der Waals surface area (Å²) in [6, 6.07) is 8.06. The molecule has 2 aliphatic heterocycles. The molecule has 0 radical (unpaired) electrons. The first-order chi connectivity index (χ1) is 11.3. The first-order valence-corrected chi connectivity index (χ1v) is 8.85. The number of nitrogen functional groups attached to an aromatic ring is 1. The number of rotatable bonds is 1. The van der Waals surface area contributed by atoms with E-state index in [0.29, 0.717) is 0 Å². The molecule has 0 aliphatic carbocycles. The van der Waals surface area contributed by atoms with Crippen molar-refractivity contribution in [3.8, 4) is 0 Å². The van der Waals surface area contributed by atoms with Gasteiger partial charge >= 0.3 is 6.09 Å². The molecule has 24 heavy (non-hydrogen) atoms. The lowest BCUT2D eigenvalue weighted by atomic mass is 9.79. The van der Waals surface area contributed by atoms with Crippen LogP contribution >= 0.6 is 0 Å². The van der Waals surface area contributed by atoms with Gasteiger partial charge in [0.15, 0.2) is 0 Å². The third-order valence-corrected chi connectivity index (χ3v) is 5.03. The molecule has 5 nitrogen and oxygen atoms in total. The molecule has 2 aliphatic rings. The normalized spacial score (nSPS) is 24.5. The number of nitrogens with zero attached hydrogens (tertiary/aromatic N) is 2. The molecule has 132 valence electrons. The van der Waals surface area contributed by atoms with E-state index in [1.807, 2.05) is 43.9 Å². The average molecular weight is 331 g/mol. The highest BCUT2D eigenvalue weighted by atomic mass is 16.6. The highest BCUT2D eigenvalue weighted by Gasteiger charge is 2.44. The Hall–Kier alpha value is -1.91. The van der Waals surface area contributed by atoms with Crippen molar-refractivity contribution < 1.29 is 9.53 Å². The van der Waals surface area contributed by atoms with E-state index >= 15 is 0 Å². The Kier molecular flexibility index (Phi) is 4.37. The van der Waals surface area contributed by atoms with Gasteiger partial charge in [0.2, 0.25) is 0 Å². The summed E-state index contributed by atoms with van der Waals surface area (Å²) in [5.41, 5.74) is 7.83. The summed E-state index contributed by atoms with van der Waals surface area (Å²) in [7, 11) is 0. The summed E-state index contributed by atoms with van der Waals surface area (Å²) in [6.45, 7) is 9.30. The third kappa shape index (κ3) is 3.60. The Labute approximate surface area is 144 Å². The molecule has 1 aromatic carbocycles. The molecule has 3 rings (SSSR count). The Morgan fingerprint density at radius 1 is 1.17 bits per heavy atom. The fourth-order valence-electron chi connectivity index (χ4n) is 3.94. The van der Waals surface area contributed by atoms with Crippen LogP contribution in [0.3, 0.4) is 0 Å². The van der Waals surface area contributed by atoms with Crippen LogP contribution in [-0.2, 0) is 4.74 Å². The fraction of sp³-hybridized carbons (Fsp3) is 0.632. The van der Waals surface area contributed by atoms with Gasteiger partial charge in [0, 0.05) is 31.6 Å². The van der Waals surface area contributed by atoms with Crippen LogP contribution in [-0.4, -0.2) is 42.8 Å². The smallest absolute Gasteiger partial charge is 0.410 e.